The number of likely N-dealkylation sites (tertiary alicyclic amines) is 1. The first-order chi connectivity index (χ1) is 13.6. The summed E-state index contributed by atoms with van der Waals surface area (Å²) in [5, 5.41) is 2.92. The van der Waals surface area contributed by atoms with Gasteiger partial charge >= 0.3 is 0 Å². The van der Waals surface area contributed by atoms with E-state index in [9.17, 15) is 14.4 Å². The highest BCUT2D eigenvalue weighted by atomic mass is 32.1. The van der Waals surface area contributed by atoms with Gasteiger partial charge < -0.3 is 19.4 Å². The van der Waals surface area contributed by atoms with Gasteiger partial charge in [-0.2, -0.15) is 27.0 Å². The maximum Gasteiger partial charge on any atom is 0.255 e. The van der Waals surface area contributed by atoms with Gasteiger partial charge in [-0.3, -0.25) is 14.4 Å². The molecule has 31 heavy (non-hydrogen) atoms. The number of hydrogen-bond donors (Lipinski definition) is 1. The Morgan fingerprint density at radius 1 is 1.13 bits per heavy atom. The SMILES string of the molecule is C.O=C(N[C@@H](CC1CCCCC1)C(=O)N1CCC[C@@H]2OCC(=O)[C@@H]21)c1ccoc1.S.S. The molecule has 2 aliphatic heterocycles. The third-order valence-corrected chi connectivity index (χ3v) is 6.31. The van der Waals surface area contributed by atoms with Gasteiger partial charge in [0.05, 0.1) is 17.9 Å². The fourth-order valence-electron chi connectivity index (χ4n) is 4.85. The summed E-state index contributed by atoms with van der Waals surface area (Å²) < 4.78 is 10.6. The number of rotatable bonds is 5. The Morgan fingerprint density at radius 2 is 1.87 bits per heavy atom. The van der Waals surface area contributed by atoms with Crippen molar-refractivity contribution in [1.29, 1.82) is 0 Å². The van der Waals surface area contributed by atoms with Crippen LogP contribution in [0.3, 0.4) is 0 Å². The number of carbonyl (C=O) groups excluding carboxylic acids is 3. The molecule has 7 nitrogen and oxygen atoms in total. The number of Topliss-reactive ketones (excluding diaryl/α,β-unsaturated/α-hetero) is 1. The highest BCUT2D eigenvalue weighted by molar-refractivity contribution is 7.59. The molecular formula is C22H36N2O5S2. The van der Waals surface area contributed by atoms with E-state index in [0.717, 1.165) is 25.7 Å². The van der Waals surface area contributed by atoms with Crippen LogP contribution >= 0.6 is 27.0 Å². The second kappa shape index (κ2) is 12.6. The van der Waals surface area contributed by atoms with Crippen molar-refractivity contribution in [3.05, 3.63) is 24.2 Å². The molecule has 1 aliphatic carbocycles. The van der Waals surface area contributed by atoms with Crippen LogP contribution in [0.25, 0.3) is 0 Å². The van der Waals surface area contributed by atoms with Crippen molar-refractivity contribution in [1.82, 2.24) is 10.2 Å². The molecule has 2 amide bonds. The van der Waals surface area contributed by atoms with Gasteiger partial charge in [0.15, 0.2) is 5.78 Å². The van der Waals surface area contributed by atoms with Gasteiger partial charge in [0.1, 0.15) is 25.0 Å². The smallest absolute Gasteiger partial charge is 0.255 e. The summed E-state index contributed by atoms with van der Waals surface area (Å²) in [4.78, 5) is 40.0. The Kier molecular flexibility index (Phi) is 11.2. The number of nitrogens with one attached hydrogen (secondary N) is 1. The maximum atomic E-state index is 13.4. The fourth-order valence-corrected chi connectivity index (χ4v) is 4.85. The van der Waals surface area contributed by atoms with E-state index in [1.54, 1.807) is 11.0 Å². The van der Waals surface area contributed by atoms with Gasteiger partial charge in [0, 0.05) is 6.54 Å². The van der Waals surface area contributed by atoms with E-state index in [1.165, 1.54) is 31.8 Å². The number of fused-ring (bicyclic) bond motifs is 1. The van der Waals surface area contributed by atoms with Gasteiger partial charge in [-0.1, -0.05) is 39.5 Å². The molecule has 3 fully saturated rings. The second-order valence-electron chi connectivity index (χ2n) is 8.21. The molecule has 1 N–H and O–H groups in total. The van der Waals surface area contributed by atoms with Crippen molar-refractivity contribution < 1.29 is 23.5 Å². The molecule has 1 saturated carbocycles. The van der Waals surface area contributed by atoms with Gasteiger partial charge in [0.2, 0.25) is 5.91 Å². The summed E-state index contributed by atoms with van der Waals surface area (Å²) in [5.41, 5.74) is 0.401. The Morgan fingerprint density at radius 3 is 2.55 bits per heavy atom. The molecule has 0 spiro atoms. The number of nitrogens with zero attached hydrogens (tertiary/aromatic N) is 1. The minimum Gasteiger partial charge on any atom is -0.472 e. The molecule has 2 saturated heterocycles. The van der Waals surface area contributed by atoms with Gasteiger partial charge in [0.25, 0.3) is 5.91 Å². The molecule has 3 heterocycles. The topological polar surface area (TPSA) is 88.9 Å². The Balaban J connectivity index is 0.00000160. The Bertz CT molecular complexity index is 721. The lowest BCUT2D eigenvalue weighted by atomic mass is 9.84. The molecule has 0 unspecified atom stereocenters. The first-order valence-corrected chi connectivity index (χ1v) is 10.4. The van der Waals surface area contributed by atoms with Crippen molar-refractivity contribution in [2.24, 2.45) is 5.92 Å². The van der Waals surface area contributed by atoms with Crippen LogP contribution in [-0.2, 0) is 14.3 Å². The van der Waals surface area contributed by atoms with Crippen molar-refractivity contribution in [2.75, 3.05) is 13.2 Å². The lowest BCUT2D eigenvalue weighted by Gasteiger charge is -2.38. The Labute approximate surface area is 198 Å². The summed E-state index contributed by atoms with van der Waals surface area (Å²) in [6, 6.07) is 0.460. The van der Waals surface area contributed by atoms with E-state index >= 15 is 0 Å². The van der Waals surface area contributed by atoms with E-state index in [4.69, 9.17) is 9.15 Å². The van der Waals surface area contributed by atoms with E-state index in [1.807, 2.05) is 0 Å². The van der Waals surface area contributed by atoms with Gasteiger partial charge in [-0.05, 0) is 31.2 Å². The first kappa shape index (κ1) is 27.6. The molecule has 176 valence electrons. The predicted octanol–water partition coefficient (Wildman–Crippen LogP) is 3.17. The highest BCUT2D eigenvalue weighted by Crippen LogP contribution is 2.30. The lowest BCUT2D eigenvalue weighted by molar-refractivity contribution is -0.142. The number of carbonyl (C=O) groups is 3. The number of amides is 2. The zero-order valence-corrected chi connectivity index (χ0v) is 19.1. The van der Waals surface area contributed by atoms with Crippen LogP contribution in [0.15, 0.2) is 23.0 Å². The monoisotopic (exact) mass is 472 g/mol. The van der Waals surface area contributed by atoms with Crippen LogP contribution in [0.2, 0.25) is 0 Å². The van der Waals surface area contributed by atoms with Crippen molar-refractivity contribution in [3.63, 3.8) is 0 Å². The van der Waals surface area contributed by atoms with Crippen LogP contribution < -0.4 is 5.32 Å². The van der Waals surface area contributed by atoms with Gasteiger partial charge in [-0.15, -0.1) is 0 Å². The summed E-state index contributed by atoms with van der Waals surface area (Å²) in [6.45, 7) is 0.617. The maximum absolute atomic E-state index is 13.4. The first-order valence-electron chi connectivity index (χ1n) is 10.4. The van der Waals surface area contributed by atoms with Crippen molar-refractivity contribution in [3.8, 4) is 0 Å². The third kappa shape index (κ3) is 6.29. The molecule has 0 radical (unpaired) electrons. The van der Waals surface area contributed by atoms with E-state index in [2.05, 4.69) is 5.32 Å². The third-order valence-electron chi connectivity index (χ3n) is 6.31. The molecule has 3 atom stereocenters. The number of ether oxygens (including phenoxy) is 1. The number of furan rings is 1. The lowest BCUT2D eigenvalue weighted by Crippen LogP contribution is -2.58. The standard InChI is InChI=1S/C21H28N2O5.CH4.2H2S/c24-17-13-28-18-7-4-9-23(19(17)18)21(26)16(11-14-5-2-1-3-6-14)22-20(25)15-8-10-27-12-15;;;/h8,10,12,14,16,18-19H,1-7,9,11,13H2,(H,22,25);1H4;2*1H2/t16-,18-,19-;;;/m0.../s1. The fraction of sp³-hybridized carbons (Fsp3) is 0.682. The molecule has 4 rings (SSSR count). The van der Waals surface area contributed by atoms with E-state index < -0.39 is 12.1 Å². The predicted molar refractivity (Wildman–Crippen MR) is 128 cm³/mol. The minimum absolute atomic E-state index is 0. The van der Waals surface area contributed by atoms with Crippen LogP contribution in [-0.4, -0.2) is 53.8 Å². The zero-order valence-electron chi connectivity index (χ0n) is 17.1. The molecule has 1 aromatic rings. The quantitative estimate of drug-likeness (QED) is 0.711. The average Bonchev–Trinajstić information content (AvgIpc) is 3.38. The molecule has 0 bridgehead atoms. The van der Waals surface area contributed by atoms with E-state index in [-0.39, 0.29) is 64.7 Å². The highest BCUT2D eigenvalue weighted by Gasteiger charge is 2.46. The summed E-state index contributed by atoms with van der Waals surface area (Å²) >= 11 is 0. The Hall–Kier alpha value is -1.45. The van der Waals surface area contributed by atoms with E-state index in [0.29, 0.717) is 24.4 Å². The number of hydrogen-bond acceptors (Lipinski definition) is 5. The normalized spacial score (nSPS) is 24.1. The van der Waals surface area contributed by atoms with Crippen LogP contribution in [0, 0.1) is 5.92 Å². The van der Waals surface area contributed by atoms with Crippen molar-refractivity contribution in [2.45, 2.75) is 77.0 Å². The van der Waals surface area contributed by atoms with Crippen LogP contribution in [0.4, 0.5) is 0 Å². The average molecular weight is 473 g/mol. The molecular weight excluding hydrogens is 436 g/mol. The molecule has 0 aromatic carbocycles. The summed E-state index contributed by atoms with van der Waals surface area (Å²) in [6.07, 6.45) is 10.6. The number of ketones is 1. The van der Waals surface area contributed by atoms with Crippen LogP contribution in [0.1, 0.15) is 69.2 Å². The van der Waals surface area contributed by atoms with Gasteiger partial charge in [-0.25, -0.2) is 0 Å². The van der Waals surface area contributed by atoms with Crippen LogP contribution in [0.5, 0.6) is 0 Å². The molecule has 9 heteroatoms. The number of piperidine rings is 1. The molecule has 3 aliphatic rings. The second-order valence-corrected chi connectivity index (χ2v) is 8.21. The summed E-state index contributed by atoms with van der Waals surface area (Å²) in [7, 11) is 0. The summed E-state index contributed by atoms with van der Waals surface area (Å²) in [5.74, 6) is -0.0828. The zero-order chi connectivity index (χ0) is 19.5. The largest absolute Gasteiger partial charge is 0.472 e. The minimum atomic E-state index is -0.627. The van der Waals surface area contributed by atoms with Crippen molar-refractivity contribution >= 4 is 44.6 Å². The molecule has 1 aromatic heterocycles.